The third-order valence-corrected chi connectivity index (χ3v) is 7.79. The van der Waals surface area contributed by atoms with Crippen LogP contribution in [-0.4, -0.2) is 0 Å². The van der Waals surface area contributed by atoms with Crippen LogP contribution in [0.15, 0.2) is 12.1 Å². The van der Waals surface area contributed by atoms with Gasteiger partial charge in [0.1, 0.15) is 5.56 Å². The average molecular weight is 521 g/mol. The maximum atomic E-state index is 14.8. The molecule has 0 N–H and O–H groups in total. The fraction of sp³-hybridized carbons (Fsp3) is 0.556. The van der Waals surface area contributed by atoms with Crippen molar-refractivity contribution in [2.45, 2.75) is 83.2 Å². The van der Waals surface area contributed by atoms with Crippen LogP contribution >= 0.6 is 0 Å². The standard InChI is InChI=1S/C27H28F8O/c1-13-3-7-15(8-4-13)17-11-12-18(21(29)20(17)28)27(34,35)36-26-24(32)22(30)19(23(31)25(26)33)16-9-5-14(2)6-10-16/h11-16H,3-10H2,1-2H3. The minimum absolute atomic E-state index is 0.0699. The number of benzene rings is 2. The number of alkyl halides is 2. The molecule has 0 unspecified atom stereocenters. The van der Waals surface area contributed by atoms with E-state index in [2.05, 4.69) is 4.74 Å². The van der Waals surface area contributed by atoms with E-state index in [0.717, 1.165) is 18.9 Å². The Labute approximate surface area is 204 Å². The lowest BCUT2D eigenvalue weighted by Crippen LogP contribution is -2.27. The highest BCUT2D eigenvalue weighted by Crippen LogP contribution is 2.44. The maximum absolute atomic E-state index is 14.8. The molecule has 2 fully saturated rings. The molecule has 0 amide bonds. The van der Waals surface area contributed by atoms with Gasteiger partial charge >= 0.3 is 6.11 Å². The minimum Gasteiger partial charge on any atom is -0.422 e. The fourth-order valence-corrected chi connectivity index (χ4v) is 5.48. The van der Waals surface area contributed by atoms with Crippen molar-refractivity contribution in [1.82, 2.24) is 0 Å². The van der Waals surface area contributed by atoms with Gasteiger partial charge in [-0.25, -0.2) is 17.6 Å². The third-order valence-electron chi connectivity index (χ3n) is 7.79. The molecule has 1 nitrogen and oxygen atoms in total. The summed E-state index contributed by atoms with van der Waals surface area (Å²) < 4.78 is 122. The van der Waals surface area contributed by atoms with E-state index in [1.165, 1.54) is 0 Å². The van der Waals surface area contributed by atoms with Gasteiger partial charge in [0.2, 0.25) is 17.4 Å². The molecule has 4 rings (SSSR count). The number of hydrogen-bond acceptors (Lipinski definition) is 1. The molecule has 198 valence electrons. The minimum atomic E-state index is -4.81. The second-order valence-corrected chi connectivity index (χ2v) is 10.4. The molecule has 0 atom stereocenters. The summed E-state index contributed by atoms with van der Waals surface area (Å²) in [6, 6.07) is 1.57. The van der Waals surface area contributed by atoms with Crippen LogP contribution in [-0.2, 0) is 6.11 Å². The smallest absolute Gasteiger partial charge is 0.422 e. The van der Waals surface area contributed by atoms with Crippen molar-refractivity contribution in [3.8, 4) is 5.75 Å². The molecule has 2 aromatic rings. The van der Waals surface area contributed by atoms with Gasteiger partial charge < -0.3 is 4.74 Å². The van der Waals surface area contributed by atoms with Gasteiger partial charge in [-0.2, -0.15) is 17.6 Å². The van der Waals surface area contributed by atoms with Gasteiger partial charge in [-0.3, -0.25) is 0 Å². The van der Waals surface area contributed by atoms with E-state index in [4.69, 9.17) is 0 Å². The van der Waals surface area contributed by atoms with Crippen LogP contribution in [0.5, 0.6) is 5.75 Å². The van der Waals surface area contributed by atoms with Crippen LogP contribution in [0.25, 0.3) is 0 Å². The van der Waals surface area contributed by atoms with Crippen LogP contribution in [0.4, 0.5) is 35.1 Å². The molecule has 0 aromatic heterocycles. The lowest BCUT2D eigenvalue weighted by molar-refractivity contribution is -0.191. The summed E-state index contributed by atoms with van der Waals surface area (Å²) in [6.07, 6.45) is -0.408. The second-order valence-electron chi connectivity index (χ2n) is 10.4. The van der Waals surface area contributed by atoms with Crippen molar-refractivity contribution in [1.29, 1.82) is 0 Å². The molecule has 2 aliphatic rings. The number of halogens is 8. The molecule has 2 aliphatic carbocycles. The molecule has 0 spiro atoms. The van der Waals surface area contributed by atoms with E-state index in [1.807, 2.05) is 13.8 Å². The summed E-state index contributed by atoms with van der Waals surface area (Å²) in [6.45, 7) is 3.97. The molecule has 9 heteroatoms. The first-order chi connectivity index (χ1) is 16.9. The number of hydrogen-bond donors (Lipinski definition) is 0. The zero-order chi connectivity index (χ0) is 26.4. The summed E-state index contributed by atoms with van der Waals surface area (Å²) in [4.78, 5) is 0. The topological polar surface area (TPSA) is 9.23 Å². The molecule has 0 aliphatic heterocycles. The molecule has 36 heavy (non-hydrogen) atoms. The van der Waals surface area contributed by atoms with Gasteiger partial charge in [-0.05, 0) is 61.0 Å². The van der Waals surface area contributed by atoms with Crippen molar-refractivity contribution in [3.05, 3.63) is 63.7 Å². The van der Waals surface area contributed by atoms with Crippen LogP contribution in [0, 0.1) is 46.7 Å². The maximum Gasteiger partial charge on any atom is 0.429 e. The van der Waals surface area contributed by atoms with E-state index in [-0.39, 0.29) is 30.2 Å². The Kier molecular flexibility index (Phi) is 7.58. The molecule has 2 saturated carbocycles. The number of ether oxygens (including phenoxy) is 1. The quantitative estimate of drug-likeness (QED) is 0.282. The predicted octanol–water partition coefficient (Wildman–Crippen LogP) is 9.24. The summed E-state index contributed by atoms with van der Waals surface area (Å²) in [5.74, 6) is -13.9. The van der Waals surface area contributed by atoms with E-state index in [1.54, 1.807) is 0 Å². The van der Waals surface area contributed by atoms with Gasteiger partial charge in [0, 0.05) is 5.56 Å². The van der Waals surface area contributed by atoms with Crippen molar-refractivity contribution in [3.63, 3.8) is 0 Å². The highest BCUT2D eigenvalue weighted by atomic mass is 19.3. The Hall–Kier alpha value is -2.32. The molecule has 2 aromatic carbocycles. The number of rotatable bonds is 5. The van der Waals surface area contributed by atoms with Crippen LogP contribution < -0.4 is 4.74 Å². The lowest BCUT2D eigenvalue weighted by Gasteiger charge is -2.28. The Morgan fingerprint density at radius 1 is 0.611 bits per heavy atom. The first-order valence-electron chi connectivity index (χ1n) is 12.3. The molecule has 0 bridgehead atoms. The monoisotopic (exact) mass is 520 g/mol. The summed E-state index contributed by atoms with van der Waals surface area (Å²) >= 11 is 0. The zero-order valence-electron chi connectivity index (χ0n) is 20.1. The fourth-order valence-electron chi connectivity index (χ4n) is 5.48. The van der Waals surface area contributed by atoms with Crippen molar-refractivity contribution in [2.75, 3.05) is 0 Å². The van der Waals surface area contributed by atoms with Crippen molar-refractivity contribution in [2.24, 2.45) is 11.8 Å². The first kappa shape index (κ1) is 26.7. The SMILES string of the molecule is CC1CCC(c2ccc(C(F)(F)Oc3c(F)c(F)c(C4CCC(C)CC4)c(F)c3F)c(F)c2F)CC1. The molecular weight excluding hydrogens is 492 g/mol. The van der Waals surface area contributed by atoms with Gasteiger partial charge in [-0.1, -0.05) is 45.6 Å². The average Bonchev–Trinajstić information content (AvgIpc) is 2.84. The van der Waals surface area contributed by atoms with Gasteiger partial charge in [0.05, 0.1) is 0 Å². The van der Waals surface area contributed by atoms with Gasteiger partial charge in [0.15, 0.2) is 23.3 Å². The predicted molar refractivity (Wildman–Crippen MR) is 118 cm³/mol. The van der Waals surface area contributed by atoms with E-state index >= 15 is 0 Å². The van der Waals surface area contributed by atoms with Crippen LogP contribution in [0.1, 0.15) is 93.7 Å². The van der Waals surface area contributed by atoms with Crippen LogP contribution in [0.3, 0.4) is 0 Å². The third kappa shape index (κ3) is 4.94. The van der Waals surface area contributed by atoms with E-state index < -0.39 is 63.8 Å². The summed E-state index contributed by atoms with van der Waals surface area (Å²) in [5.41, 5.74) is -2.55. The normalized spacial score (nSPS) is 25.2. The summed E-state index contributed by atoms with van der Waals surface area (Å²) in [5, 5.41) is 0. The van der Waals surface area contributed by atoms with Crippen LogP contribution in [0.2, 0.25) is 0 Å². The summed E-state index contributed by atoms with van der Waals surface area (Å²) in [7, 11) is 0. The highest BCUT2D eigenvalue weighted by molar-refractivity contribution is 5.38. The molecule has 0 saturated heterocycles. The second kappa shape index (κ2) is 10.2. The zero-order valence-corrected chi connectivity index (χ0v) is 20.1. The lowest BCUT2D eigenvalue weighted by atomic mass is 9.79. The Morgan fingerprint density at radius 3 is 1.58 bits per heavy atom. The van der Waals surface area contributed by atoms with Gasteiger partial charge in [-0.15, -0.1) is 0 Å². The van der Waals surface area contributed by atoms with Crippen molar-refractivity contribution < 1.29 is 39.9 Å². The molecule has 0 heterocycles. The molecular formula is C27H28F8O. The largest absolute Gasteiger partial charge is 0.429 e. The van der Waals surface area contributed by atoms with Crippen molar-refractivity contribution >= 4 is 0 Å². The van der Waals surface area contributed by atoms with E-state index in [9.17, 15) is 35.1 Å². The van der Waals surface area contributed by atoms with E-state index in [0.29, 0.717) is 37.7 Å². The van der Waals surface area contributed by atoms with Gasteiger partial charge in [0.25, 0.3) is 0 Å². The Morgan fingerprint density at radius 2 is 1.08 bits per heavy atom. The Balaban J connectivity index is 1.64. The molecule has 0 radical (unpaired) electrons. The highest BCUT2D eigenvalue weighted by Gasteiger charge is 2.43. The Bertz CT molecular complexity index is 1090. The first-order valence-corrected chi connectivity index (χ1v) is 12.3.